The Labute approximate surface area is 65.2 Å². The predicted molar refractivity (Wildman–Crippen MR) is 39.8 cm³/mol. The molecule has 0 fully saturated rings. The molecular formula is C7H11NO3. The van der Waals surface area contributed by atoms with Gasteiger partial charge >= 0.3 is 0 Å². The Bertz CT molecular complexity index is 173. The van der Waals surface area contributed by atoms with Crippen LogP contribution in [0.4, 0.5) is 0 Å². The maximum Gasteiger partial charge on any atom is 0.235 e. The van der Waals surface area contributed by atoms with Crippen molar-refractivity contribution in [2.75, 3.05) is 13.2 Å². The van der Waals surface area contributed by atoms with Crippen LogP contribution in [0.2, 0.25) is 0 Å². The van der Waals surface area contributed by atoms with E-state index in [4.69, 9.17) is 9.84 Å². The SMILES string of the molecule is C=C(C)C(O)OCCN=C=O. The van der Waals surface area contributed by atoms with Crippen LogP contribution >= 0.6 is 0 Å². The number of rotatable bonds is 5. The lowest BCUT2D eigenvalue weighted by Gasteiger charge is -2.09. The van der Waals surface area contributed by atoms with Crippen LogP contribution in [0, 0.1) is 0 Å². The zero-order valence-corrected chi connectivity index (χ0v) is 6.41. The third-order valence-corrected chi connectivity index (χ3v) is 0.965. The number of aliphatic hydroxyl groups excluding tert-OH is 1. The van der Waals surface area contributed by atoms with Gasteiger partial charge in [0.1, 0.15) is 0 Å². The summed E-state index contributed by atoms with van der Waals surface area (Å²) in [6.07, 6.45) is 0.400. The summed E-state index contributed by atoms with van der Waals surface area (Å²) in [4.78, 5) is 12.8. The van der Waals surface area contributed by atoms with Gasteiger partial charge in [0, 0.05) is 0 Å². The number of ether oxygens (including phenoxy) is 1. The quantitative estimate of drug-likeness (QED) is 0.204. The second kappa shape index (κ2) is 5.80. The van der Waals surface area contributed by atoms with Gasteiger partial charge in [0.15, 0.2) is 6.29 Å². The molecule has 0 radical (unpaired) electrons. The lowest BCUT2D eigenvalue weighted by molar-refractivity contribution is -0.0685. The van der Waals surface area contributed by atoms with E-state index in [9.17, 15) is 4.79 Å². The molecule has 0 saturated carbocycles. The molecule has 62 valence electrons. The largest absolute Gasteiger partial charge is 0.364 e. The maximum atomic E-state index is 9.56. The van der Waals surface area contributed by atoms with E-state index in [1.807, 2.05) is 0 Å². The Balaban J connectivity index is 3.38. The zero-order chi connectivity index (χ0) is 8.69. The molecule has 0 aromatic rings. The van der Waals surface area contributed by atoms with E-state index in [0.29, 0.717) is 5.57 Å². The normalized spacial score (nSPS) is 11.8. The van der Waals surface area contributed by atoms with Crippen molar-refractivity contribution in [3.05, 3.63) is 12.2 Å². The molecule has 0 heterocycles. The molecule has 4 heteroatoms. The first-order valence-electron chi connectivity index (χ1n) is 3.17. The highest BCUT2D eigenvalue weighted by Gasteiger charge is 2.01. The Morgan fingerprint density at radius 2 is 2.55 bits per heavy atom. The average molecular weight is 157 g/mol. The predicted octanol–water partition coefficient (Wildman–Crippen LogP) is 0.233. The molecule has 0 aliphatic heterocycles. The number of hydrogen-bond acceptors (Lipinski definition) is 4. The fourth-order valence-electron chi connectivity index (χ4n) is 0.398. The first-order valence-corrected chi connectivity index (χ1v) is 3.17. The lowest BCUT2D eigenvalue weighted by Crippen LogP contribution is -2.14. The standard InChI is InChI=1S/C7H11NO3/c1-6(2)7(10)11-4-3-8-5-9/h7,10H,1,3-4H2,2H3. The summed E-state index contributed by atoms with van der Waals surface area (Å²) in [6.45, 7) is 5.53. The third kappa shape index (κ3) is 5.48. The van der Waals surface area contributed by atoms with Gasteiger partial charge in [-0.2, -0.15) is 0 Å². The fraction of sp³-hybridized carbons (Fsp3) is 0.571. The highest BCUT2D eigenvalue weighted by Crippen LogP contribution is 1.97. The molecule has 0 rings (SSSR count). The van der Waals surface area contributed by atoms with E-state index in [1.54, 1.807) is 6.92 Å². The van der Waals surface area contributed by atoms with Gasteiger partial charge in [-0.05, 0) is 12.5 Å². The number of aliphatic imine (C=N–C) groups is 1. The second-order valence-corrected chi connectivity index (χ2v) is 2.04. The first-order chi connectivity index (χ1) is 5.18. The van der Waals surface area contributed by atoms with Crippen LogP contribution in [0.15, 0.2) is 17.1 Å². The summed E-state index contributed by atoms with van der Waals surface area (Å²) in [5.41, 5.74) is 0.528. The smallest absolute Gasteiger partial charge is 0.235 e. The van der Waals surface area contributed by atoms with Crippen molar-refractivity contribution in [1.29, 1.82) is 0 Å². The van der Waals surface area contributed by atoms with E-state index in [2.05, 4.69) is 11.6 Å². The molecule has 0 aromatic carbocycles. The molecule has 0 saturated heterocycles. The average Bonchev–Trinajstić information content (AvgIpc) is 1.97. The molecule has 1 atom stereocenters. The van der Waals surface area contributed by atoms with Crippen LogP contribution in [0.3, 0.4) is 0 Å². The summed E-state index contributed by atoms with van der Waals surface area (Å²) in [7, 11) is 0. The van der Waals surface area contributed by atoms with E-state index >= 15 is 0 Å². The number of carbonyl (C=O) groups excluding carboxylic acids is 1. The molecule has 0 aromatic heterocycles. The number of isocyanates is 1. The molecule has 4 nitrogen and oxygen atoms in total. The Morgan fingerprint density at radius 3 is 3.00 bits per heavy atom. The molecular weight excluding hydrogens is 146 g/mol. The Morgan fingerprint density at radius 1 is 1.91 bits per heavy atom. The van der Waals surface area contributed by atoms with Crippen molar-refractivity contribution in [2.24, 2.45) is 4.99 Å². The van der Waals surface area contributed by atoms with Crippen molar-refractivity contribution >= 4 is 6.08 Å². The van der Waals surface area contributed by atoms with Crippen LogP contribution in [-0.2, 0) is 9.53 Å². The number of aliphatic hydroxyl groups is 1. The summed E-state index contributed by atoms with van der Waals surface area (Å²) in [5.74, 6) is 0. The summed E-state index contributed by atoms with van der Waals surface area (Å²) < 4.78 is 4.79. The maximum absolute atomic E-state index is 9.56. The van der Waals surface area contributed by atoms with E-state index in [0.717, 1.165) is 0 Å². The van der Waals surface area contributed by atoms with Gasteiger partial charge in [-0.3, -0.25) is 0 Å². The first kappa shape index (κ1) is 10.0. The zero-order valence-electron chi connectivity index (χ0n) is 6.41. The lowest BCUT2D eigenvalue weighted by atomic mass is 10.3. The topological polar surface area (TPSA) is 58.9 Å². The van der Waals surface area contributed by atoms with Gasteiger partial charge in [0.25, 0.3) is 0 Å². The third-order valence-electron chi connectivity index (χ3n) is 0.965. The minimum absolute atomic E-state index is 0.198. The minimum Gasteiger partial charge on any atom is -0.364 e. The van der Waals surface area contributed by atoms with Crippen molar-refractivity contribution in [2.45, 2.75) is 13.2 Å². The van der Waals surface area contributed by atoms with Crippen LogP contribution < -0.4 is 0 Å². The van der Waals surface area contributed by atoms with Gasteiger partial charge in [0.2, 0.25) is 6.08 Å². The van der Waals surface area contributed by atoms with Gasteiger partial charge in [-0.1, -0.05) is 6.58 Å². The van der Waals surface area contributed by atoms with Gasteiger partial charge in [-0.25, -0.2) is 9.79 Å². The highest BCUT2D eigenvalue weighted by molar-refractivity contribution is 5.32. The number of hydrogen-bond donors (Lipinski definition) is 1. The van der Waals surface area contributed by atoms with Gasteiger partial charge in [-0.15, -0.1) is 0 Å². The van der Waals surface area contributed by atoms with Crippen molar-refractivity contribution < 1.29 is 14.6 Å². The van der Waals surface area contributed by atoms with Crippen molar-refractivity contribution in [3.63, 3.8) is 0 Å². The highest BCUT2D eigenvalue weighted by atomic mass is 16.6. The summed E-state index contributed by atoms with van der Waals surface area (Å²) in [6, 6.07) is 0. The molecule has 0 amide bonds. The summed E-state index contributed by atoms with van der Waals surface area (Å²) >= 11 is 0. The molecule has 0 aliphatic carbocycles. The monoisotopic (exact) mass is 157 g/mol. The van der Waals surface area contributed by atoms with Crippen LogP contribution in [0.5, 0.6) is 0 Å². The van der Waals surface area contributed by atoms with E-state index in [-0.39, 0.29) is 13.2 Å². The van der Waals surface area contributed by atoms with Crippen LogP contribution in [0.1, 0.15) is 6.92 Å². The van der Waals surface area contributed by atoms with Gasteiger partial charge < -0.3 is 9.84 Å². The fourth-order valence-corrected chi connectivity index (χ4v) is 0.398. The molecule has 11 heavy (non-hydrogen) atoms. The Kier molecular flexibility index (Phi) is 5.29. The molecule has 0 aliphatic rings. The van der Waals surface area contributed by atoms with Crippen LogP contribution in [-0.4, -0.2) is 30.6 Å². The summed E-state index contributed by atoms with van der Waals surface area (Å²) in [5, 5.41) is 8.96. The molecule has 1 unspecified atom stereocenters. The van der Waals surface area contributed by atoms with Crippen molar-refractivity contribution in [1.82, 2.24) is 0 Å². The number of nitrogens with zero attached hydrogens (tertiary/aromatic N) is 1. The Hall–Kier alpha value is -0.960. The second-order valence-electron chi connectivity index (χ2n) is 2.04. The minimum atomic E-state index is -0.961. The molecule has 0 bridgehead atoms. The van der Waals surface area contributed by atoms with Crippen molar-refractivity contribution in [3.8, 4) is 0 Å². The van der Waals surface area contributed by atoms with E-state index < -0.39 is 6.29 Å². The van der Waals surface area contributed by atoms with Gasteiger partial charge in [0.05, 0.1) is 13.2 Å². The van der Waals surface area contributed by atoms with E-state index in [1.165, 1.54) is 6.08 Å². The molecule has 0 spiro atoms. The van der Waals surface area contributed by atoms with Crippen LogP contribution in [0.25, 0.3) is 0 Å². The molecule has 1 N–H and O–H groups in total.